The van der Waals surface area contributed by atoms with Gasteiger partial charge in [0.25, 0.3) is 0 Å². The van der Waals surface area contributed by atoms with Crippen molar-refractivity contribution in [1.82, 2.24) is 9.80 Å². The van der Waals surface area contributed by atoms with Crippen molar-refractivity contribution in [3.05, 3.63) is 24.0 Å². The van der Waals surface area contributed by atoms with Gasteiger partial charge in [-0.05, 0) is 24.5 Å². The maximum absolute atomic E-state index is 10.9. The van der Waals surface area contributed by atoms with Gasteiger partial charge < -0.3 is 14.9 Å². The fourth-order valence-electron chi connectivity index (χ4n) is 6.13. The molecule has 122 valence electrons. The van der Waals surface area contributed by atoms with Gasteiger partial charge in [-0.1, -0.05) is 51.2 Å². The number of nitrogens with zero attached hydrogens (tertiary/aromatic N) is 2. The molecule has 1 saturated heterocycles. The Hall–Kier alpha value is -0.960. The summed E-state index contributed by atoms with van der Waals surface area (Å²) in [6, 6.07) is 0. The normalized spacial score (nSPS) is 45.0. The largest absolute Gasteiger partial charge is 0.392 e. The fourth-order valence-corrected chi connectivity index (χ4v) is 6.13. The lowest BCUT2D eigenvalue weighted by molar-refractivity contribution is -0.00211. The molecule has 0 spiro atoms. The van der Waals surface area contributed by atoms with E-state index in [2.05, 4.69) is 49.2 Å². The number of aliphatic hydroxyl groups is 1. The number of likely N-dealkylation sites (tertiary alicyclic amines) is 1. The van der Waals surface area contributed by atoms with Crippen molar-refractivity contribution < 1.29 is 5.11 Å². The van der Waals surface area contributed by atoms with Crippen molar-refractivity contribution in [3.8, 4) is 0 Å². The lowest BCUT2D eigenvalue weighted by Crippen LogP contribution is -2.45. The SMILES string of the molecule is CN1C=CC2(C)C3C(=CCC(O)C3C3CCCCC3)N(C)C12. The van der Waals surface area contributed by atoms with Gasteiger partial charge >= 0.3 is 0 Å². The Bertz CT molecular complexity index is 508. The number of aliphatic hydroxyl groups excluding tert-OH is 1. The van der Waals surface area contributed by atoms with E-state index >= 15 is 0 Å². The van der Waals surface area contributed by atoms with Crippen LogP contribution in [0, 0.1) is 23.2 Å². The van der Waals surface area contributed by atoms with Crippen molar-refractivity contribution >= 4 is 0 Å². The highest BCUT2D eigenvalue weighted by molar-refractivity contribution is 5.32. The lowest BCUT2D eigenvalue weighted by Gasteiger charge is -2.44. The van der Waals surface area contributed by atoms with Crippen molar-refractivity contribution in [2.45, 2.75) is 57.7 Å². The summed E-state index contributed by atoms with van der Waals surface area (Å²) < 4.78 is 0. The van der Waals surface area contributed by atoms with E-state index in [1.54, 1.807) is 0 Å². The van der Waals surface area contributed by atoms with Gasteiger partial charge in [-0.15, -0.1) is 0 Å². The molecule has 2 aliphatic heterocycles. The molecule has 3 heteroatoms. The first kappa shape index (κ1) is 14.6. The number of rotatable bonds is 1. The van der Waals surface area contributed by atoms with Gasteiger partial charge in [0.1, 0.15) is 6.17 Å². The van der Waals surface area contributed by atoms with E-state index in [-0.39, 0.29) is 11.5 Å². The average molecular weight is 302 g/mol. The Kier molecular flexibility index (Phi) is 3.34. The lowest BCUT2D eigenvalue weighted by atomic mass is 9.60. The van der Waals surface area contributed by atoms with Gasteiger partial charge in [-0.25, -0.2) is 0 Å². The van der Waals surface area contributed by atoms with E-state index in [1.807, 2.05) is 0 Å². The summed E-state index contributed by atoms with van der Waals surface area (Å²) in [7, 11) is 4.43. The third kappa shape index (κ3) is 1.84. The van der Waals surface area contributed by atoms with Crippen molar-refractivity contribution in [2.24, 2.45) is 23.2 Å². The molecule has 2 heterocycles. The minimum Gasteiger partial charge on any atom is -0.392 e. The Balaban J connectivity index is 1.74. The van der Waals surface area contributed by atoms with Crippen LogP contribution in [0.15, 0.2) is 24.0 Å². The summed E-state index contributed by atoms with van der Waals surface area (Å²) in [5.41, 5.74) is 1.63. The first-order chi connectivity index (χ1) is 10.5. The van der Waals surface area contributed by atoms with Crippen LogP contribution in [0.2, 0.25) is 0 Å². The van der Waals surface area contributed by atoms with Crippen LogP contribution in [0.1, 0.15) is 45.4 Å². The molecule has 0 aromatic rings. The maximum Gasteiger partial charge on any atom is 0.110 e. The zero-order chi connectivity index (χ0) is 15.5. The Morgan fingerprint density at radius 1 is 1.18 bits per heavy atom. The molecule has 0 bridgehead atoms. The first-order valence-electron chi connectivity index (χ1n) is 9.06. The predicted octanol–water partition coefficient (Wildman–Crippen LogP) is 3.18. The Morgan fingerprint density at radius 3 is 2.64 bits per heavy atom. The summed E-state index contributed by atoms with van der Waals surface area (Å²) in [5.74, 6) is 1.63. The zero-order valence-electron chi connectivity index (χ0n) is 14.2. The third-order valence-electron chi connectivity index (χ3n) is 6.97. The highest BCUT2D eigenvalue weighted by Crippen LogP contribution is 2.59. The van der Waals surface area contributed by atoms with Crippen LogP contribution < -0.4 is 0 Å². The monoisotopic (exact) mass is 302 g/mol. The van der Waals surface area contributed by atoms with Gasteiger partial charge in [0.15, 0.2) is 0 Å². The third-order valence-corrected chi connectivity index (χ3v) is 6.97. The molecule has 5 atom stereocenters. The van der Waals surface area contributed by atoms with E-state index in [0.717, 1.165) is 6.42 Å². The van der Waals surface area contributed by atoms with Crippen LogP contribution in [0.5, 0.6) is 0 Å². The molecule has 2 aliphatic carbocycles. The van der Waals surface area contributed by atoms with Crippen LogP contribution in [-0.4, -0.2) is 41.3 Å². The first-order valence-corrected chi connectivity index (χ1v) is 9.06. The topological polar surface area (TPSA) is 26.7 Å². The maximum atomic E-state index is 10.9. The van der Waals surface area contributed by atoms with Crippen LogP contribution in [0.4, 0.5) is 0 Å². The zero-order valence-corrected chi connectivity index (χ0v) is 14.2. The molecule has 1 saturated carbocycles. The fraction of sp³-hybridized carbons (Fsp3) is 0.789. The summed E-state index contributed by atoms with van der Waals surface area (Å²) in [5, 5.41) is 10.9. The molecule has 2 fully saturated rings. The van der Waals surface area contributed by atoms with E-state index in [1.165, 1.54) is 37.8 Å². The molecule has 3 nitrogen and oxygen atoms in total. The molecule has 0 amide bonds. The molecule has 22 heavy (non-hydrogen) atoms. The standard InChI is InChI=1S/C19H30N2O/c1-19-11-12-20(2)18(19)21(3)14-9-10-15(22)16(17(14)19)13-7-5-4-6-8-13/h9,11-13,15-18,22H,4-8,10H2,1-3H3. The van der Waals surface area contributed by atoms with Crippen LogP contribution >= 0.6 is 0 Å². The second-order valence-electron chi connectivity index (χ2n) is 8.22. The number of fused-ring (bicyclic) bond motifs is 3. The summed E-state index contributed by atoms with van der Waals surface area (Å²) >= 11 is 0. The predicted molar refractivity (Wildman–Crippen MR) is 88.8 cm³/mol. The van der Waals surface area contributed by atoms with Gasteiger partial charge in [0, 0.05) is 31.1 Å². The van der Waals surface area contributed by atoms with E-state index < -0.39 is 0 Å². The summed E-state index contributed by atoms with van der Waals surface area (Å²) in [4.78, 5) is 4.83. The van der Waals surface area contributed by atoms with Crippen LogP contribution in [0.25, 0.3) is 0 Å². The molecule has 5 unspecified atom stereocenters. The molecule has 4 aliphatic rings. The molecule has 0 aromatic heterocycles. The number of hydrogen-bond donors (Lipinski definition) is 1. The molecule has 0 radical (unpaired) electrons. The van der Waals surface area contributed by atoms with Crippen molar-refractivity contribution in [3.63, 3.8) is 0 Å². The molecule has 4 rings (SSSR count). The molecule has 0 aromatic carbocycles. The van der Waals surface area contributed by atoms with Gasteiger partial charge in [0.05, 0.1) is 6.10 Å². The second kappa shape index (κ2) is 5.02. The van der Waals surface area contributed by atoms with Crippen LogP contribution in [-0.2, 0) is 0 Å². The minimum absolute atomic E-state index is 0.138. The van der Waals surface area contributed by atoms with Gasteiger partial charge in [0.2, 0.25) is 0 Å². The van der Waals surface area contributed by atoms with Crippen molar-refractivity contribution in [1.29, 1.82) is 0 Å². The van der Waals surface area contributed by atoms with E-state index in [9.17, 15) is 5.11 Å². The average Bonchev–Trinajstić information content (AvgIpc) is 2.94. The number of hydrogen-bond acceptors (Lipinski definition) is 3. The summed E-state index contributed by atoms with van der Waals surface area (Å²) in [6.07, 6.45) is 14.8. The Labute approximate surface area is 134 Å². The molecular formula is C19H30N2O. The highest BCUT2D eigenvalue weighted by Gasteiger charge is 2.60. The molecule has 1 N–H and O–H groups in total. The van der Waals surface area contributed by atoms with Gasteiger partial charge in [-0.3, -0.25) is 0 Å². The quantitative estimate of drug-likeness (QED) is 0.806. The second-order valence-corrected chi connectivity index (χ2v) is 8.22. The smallest absolute Gasteiger partial charge is 0.110 e. The Morgan fingerprint density at radius 2 is 1.91 bits per heavy atom. The van der Waals surface area contributed by atoms with E-state index in [0.29, 0.717) is 23.9 Å². The van der Waals surface area contributed by atoms with Gasteiger partial charge in [-0.2, -0.15) is 0 Å². The van der Waals surface area contributed by atoms with E-state index in [4.69, 9.17) is 0 Å². The summed E-state index contributed by atoms with van der Waals surface area (Å²) in [6.45, 7) is 2.41. The number of allylic oxidation sites excluding steroid dienone is 1. The highest BCUT2D eigenvalue weighted by atomic mass is 16.3. The van der Waals surface area contributed by atoms with Crippen LogP contribution in [0.3, 0.4) is 0 Å². The molecular weight excluding hydrogens is 272 g/mol. The van der Waals surface area contributed by atoms with Crippen molar-refractivity contribution in [2.75, 3.05) is 14.1 Å². The minimum atomic E-state index is -0.153.